The minimum absolute atomic E-state index is 0.00410. The first-order valence-corrected chi connectivity index (χ1v) is 7.33. The lowest BCUT2D eigenvalue weighted by molar-refractivity contribution is -0.302. The third-order valence-electron chi connectivity index (χ3n) is 3.00. The van der Waals surface area contributed by atoms with E-state index in [4.69, 9.17) is 14.6 Å². The van der Waals surface area contributed by atoms with Gasteiger partial charge in [-0.2, -0.15) is 0 Å². The average molecular weight is 405 g/mol. The number of alkyl halides is 1. The lowest BCUT2D eigenvalue weighted by Crippen LogP contribution is -2.59. The van der Waals surface area contributed by atoms with Gasteiger partial charge in [-0.15, -0.1) is 0 Å². The van der Waals surface area contributed by atoms with Crippen LogP contribution in [0.4, 0.5) is 0 Å². The number of aliphatic hydroxyl groups excluding tert-OH is 5. The molecule has 0 amide bonds. The van der Waals surface area contributed by atoms with Crippen LogP contribution in [0.5, 0.6) is 0 Å². The molecule has 1 heterocycles. The summed E-state index contributed by atoms with van der Waals surface area (Å²) >= 11 is 1.80. The van der Waals surface area contributed by atoms with E-state index in [0.29, 0.717) is 0 Å². The molecule has 0 spiro atoms. The van der Waals surface area contributed by atoms with Crippen molar-refractivity contribution in [2.75, 3.05) is 20.3 Å². The minimum atomic E-state index is -1.48. The van der Waals surface area contributed by atoms with E-state index in [1.54, 1.807) is 29.6 Å². The molecule has 118 valence electrons. The quantitative estimate of drug-likeness (QED) is 0.194. The molecule has 0 radical (unpaired) electrons. The smallest absolute Gasteiger partial charge is 0.186 e. The Balaban J connectivity index is 2.61. The number of nitrogens with zero attached hydrogens (tertiary/aromatic N) is 1. The zero-order valence-electron chi connectivity index (χ0n) is 10.9. The highest BCUT2D eigenvalue weighted by atomic mass is 127. The fraction of sp³-hybridized carbons (Fsp3) is 0.909. The Bertz CT molecular complexity index is 315. The molecule has 1 rings (SSSR count). The zero-order valence-corrected chi connectivity index (χ0v) is 13.1. The number of hydrogen-bond acceptors (Lipinski definition) is 8. The Kier molecular flexibility index (Phi) is 7.75. The molecule has 4 unspecified atom stereocenters. The van der Waals surface area contributed by atoms with Crippen LogP contribution in [0.15, 0.2) is 4.99 Å². The van der Waals surface area contributed by atoms with Gasteiger partial charge in [-0.1, -0.05) is 22.6 Å². The molecule has 5 N–H and O–H groups in total. The molecule has 7 atom stereocenters. The molecule has 0 aliphatic carbocycles. The Hall–Kier alpha value is 0.120. The number of hydrogen-bond donors (Lipinski definition) is 5. The molecule has 9 heteroatoms. The largest absolute Gasteiger partial charge is 0.394 e. The summed E-state index contributed by atoms with van der Waals surface area (Å²) in [6.07, 6.45) is -5.05. The van der Waals surface area contributed by atoms with Crippen molar-refractivity contribution < 1.29 is 35.0 Å². The first-order chi connectivity index (χ1) is 9.42. The number of rotatable bonds is 6. The molecule has 0 bridgehead atoms. The van der Waals surface area contributed by atoms with Crippen molar-refractivity contribution in [3.8, 4) is 0 Å². The Morgan fingerprint density at radius 1 is 1.30 bits per heavy atom. The van der Waals surface area contributed by atoms with Crippen LogP contribution in [0.2, 0.25) is 0 Å². The summed E-state index contributed by atoms with van der Waals surface area (Å²) in [4.78, 5) is 3.80. The molecule has 1 saturated heterocycles. The minimum Gasteiger partial charge on any atom is -0.394 e. The Morgan fingerprint density at radius 2 is 1.95 bits per heavy atom. The predicted octanol–water partition coefficient (Wildman–Crippen LogP) is -2.13. The van der Waals surface area contributed by atoms with Crippen molar-refractivity contribution >= 4 is 28.8 Å². The van der Waals surface area contributed by atoms with E-state index in [1.165, 1.54) is 6.21 Å². The third kappa shape index (κ3) is 4.56. The van der Waals surface area contributed by atoms with Gasteiger partial charge in [-0.25, -0.2) is 0 Å². The highest BCUT2D eigenvalue weighted by Gasteiger charge is 2.44. The molecule has 0 aromatic rings. The lowest BCUT2D eigenvalue weighted by Gasteiger charge is -2.39. The zero-order chi connectivity index (χ0) is 15.3. The second-order valence-electron chi connectivity index (χ2n) is 4.47. The van der Waals surface area contributed by atoms with E-state index in [1.807, 2.05) is 0 Å². The van der Waals surface area contributed by atoms with Crippen LogP contribution in [-0.2, 0) is 9.47 Å². The third-order valence-corrected chi connectivity index (χ3v) is 3.92. The highest BCUT2D eigenvalue weighted by molar-refractivity contribution is 14.1. The standard InChI is InChI=1S/C11H20INO7/c1-13-2-5(10(12)18)4-19-11-9(17)8(16)7(15)6(3-14)20-11/h2,5-11,14-18H,3-4H2,1H3/b13-2+/t5?,6?,7-,8?,9?,10+,11-/m1/s1. The molecule has 1 aliphatic heterocycles. The molecule has 8 nitrogen and oxygen atoms in total. The number of aliphatic hydroxyl groups is 5. The van der Waals surface area contributed by atoms with Gasteiger partial charge in [0.1, 0.15) is 28.5 Å². The lowest BCUT2D eigenvalue weighted by atomic mass is 9.99. The highest BCUT2D eigenvalue weighted by Crippen LogP contribution is 2.23. The Labute approximate surface area is 130 Å². The summed E-state index contributed by atoms with van der Waals surface area (Å²) in [6.45, 7) is -0.510. The van der Waals surface area contributed by atoms with Crippen molar-refractivity contribution in [2.45, 2.75) is 34.8 Å². The summed E-state index contributed by atoms with van der Waals surface area (Å²) in [5.41, 5.74) is 0. The number of aliphatic imine (C=N–C) groups is 1. The summed E-state index contributed by atoms with van der Waals surface area (Å²) in [6, 6.07) is 0. The first kappa shape index (κ1) is 18.2. The predicted molar refractivity (Wildman–Crippen MR) is 77.7 cm³/mol. The molecule has 0 saturated carbocycles. The van der Waals surface area contributed by atoms with E-state index in [-0.39, 0.29) is 6.61 Å². The summed E-state index contributed by atoms with van der Waals surface area (Å²) < 4.78 is 9.75. The summed E-state index contributed by atoms with van der Waals surface area (Å²) in [5, 5.41) is 47.5. The maximum atomic E-state index is 9.76. The van der Waals surface area contributed by atoms with Gasteiger partial charge in [0.25, 0.3) is 0 Å². The molecule has 0 aromatic heterocycles. The molecular weight excluding hydrogens is 385 g/mol. The second-order valence-corrected chi connectivity index (χ2v) is 5.75. The maximum absolute atomic E-state index is 9.76. The average Bonchev–Trinajstić information content (AvgIpc) is 2.42. The maximum Gasteiger partial charge on any atom is 0.186 e. The Morgan fingerprint density at radius 3 is 2.45 bits per heavy atom. The van der Waals surface area contributed by atoms with E-state index >= 15 is 0 Å². The van der Waals surface area contributed by atoms with E-state index in [9.17, 15) is 20.4 Å². The van der Waals surface area contributed by atoms with Crippen LogP contribution < -0.4 is 0 Å². The van der Waals surface area contributed by atoms with Gasteiger partial charge in [0, 0.05) is 13.3 Å². The number of ether oxygens (including phenoxy) is 2. The molecule has 1 fully saturated rings. The van der Waals surface area contributed by atoms with E-state index < -0.39 is 47.3 Å². The molecule has 1 aliphatic rings. The van der Waals surface area contributed by atoms with Crippen LogP contribution in [0, 0.1) is 5.92 Å². The molecule has 20 heavy (non-hydrogen) atoms. The summed E-state index contributed by atoms with van der Waals surface area (Å²) in [7, 11) is 1.56. The van der Waals surface area contributed by atoms with Crippen molar-refractivity contribution in [1.82, 2.24) is 0 Å². The van der Waals surface area contributed by atoms with Gasteiger partial charge in [0.05, 0.1) is 19.1 Å². The van der Waals surface area contributed by atoms with Crippen LogP contribution in [-0.4, -0.2) is 86.8 Å². The normalized spacial score (nSPS) is 38.0. The van der Waals surface area contributed by atoms with Gasteiger partial charge < -0.3 is 40.0 Å². The van der Waals surface area contributed by atoms with Gasteiger partial charge in [-0.3, -0.25) is 0 Å². The van der Waals surface area contributed by atoms with Gasteiger partial charge >= 0.3 is 0 Å². The summed E-state index contributed by atoms with van der Waals surface area (Å²) in [5.74, 6) is -0.409. The van der Waals surface area contributed by atoms with Gasteiger partial charge in [-0.05, 0) is 0 Å². The SMILES string of the molecule is C/N=C/C(CO[C@@H]1OC(CO)[C@@H](O)C(O)C1O)[C@H](O)I. The molecular formula is C11H20INO7. The van der Waals surface area contributed by atoms with Crippen molar-refractivity contribution in [3.63, 3.8) is 0 Å². The molecule has 0 aromatic carbocycles. The fourth-order valence-electron chi connectivity index (χ4n) is 1.80. The van der Waals surface area contributed by atoms with E-state index in [0.717, 1.165) is 0 Å². The van der Waals surface area contributed by atoms with Crippen molar-refractivity contribution in [1.29, 1.82) is 0 Å². The van der Waals surface area contributed by atoms with Crippen molar-refractivity contribution in [3.05, 3.63) is 0 Å². The van der Waals surface area contributed by atoms with Crippen LogP contribution in [0.3, 0.4) is 0 Å². The topological polar surface area (TPSA) is 132 Å². The second kappa shape index (κ2) is 8.54. The van der Waals surface area contributed by atoms with Gasteiger partial charge in [0.2, 0.25) is 0 Å². The fourth-order valence-corrected chi connectivity index (χ4v) is 2.19. The van der Waals surface area contributed by atoms with Crippen LogP contribution in [0.25, 0.3) is 0 Å². The number of halogens is 1. The van der Waals surface area contributed by atoms with E-state index in [2.05, 4.69) is 4.99 Å². The van der Waals surface area contributed by atoms with Crippen LogP contribution >= 0.6 is 22.6 Å². The van der Waals surface area contributed by atoms with Crippen LogP contribution in [0.1, 0.15) is 0 Å². The monoisotopic (exact) mass is 405 g/mol. The van der Waals surface area contributed by atoms with Gasteiger partial charge in [0.15, 0.2) is 6.29 Å². The first-order valence-electron chi connectivity index (χ1n) is 6.08. The van der Waals surface area contributed by atoms with Crippen molar-refractivity contribution in [2.24, 2.45) is 10.9 Å².